The zero-order valence-electron chi connectivity index (χ0n) is 17.0. The molecule has 0 aromatic carbocycles. The predicted octanol–water partition coefficient (Wildman–Crippen LogP) is 2.85. The molecule has 7 heteroatoms. The summed E-state index contributed by atoms with van der Waals surface area (Å²) >= 11 is 0. The van der Waals surface area contributed by atoms with Gasteiger partial charge in [-0.2, -0.15) is 0 Å². The predicted molar refractivity (Wildman–Crippen MR) is 115 cm³/mol. The average Bonchev–Trinajstić information content (AvgIpc) is 3.24. The van der Waals surface area contributed by atoms with Crippen LogP contribution in [-0.4, -0.2) is 50.6 Å². The van der Waals surface area contributed by atoms with Gasteiger partial charge in [0.1, 0.15) is 17.3 Å². The fourth-order valence-corrected chi connectivity index (χ4v) is 3.72. The van der Waals surface area contributed by atoms with Crippen molar-refractivity contribution in [2.45, 2.75) is 19.8 Å². The summed E-state index contributed by atoms with van der Waals surface area (Å²) < 4.78 is 7.53. The zero-order chi connectivity index (χ0) is 20.3. The first-order chi connectivity index (χ1) is 14.7. The Balaban J connectivity index is 1.46. The van der Waals surface area contributed by atoms with Crippen LogP contribution < -0.4 is 4.90 Å². The SMILES string of the molecule is Cc1ccc(Cc2nc(Cc3ccn4ccnc4c3)cc(N3CCOCC3)n2)cn1. The van der Waals surface area contributed by atoms with Crippen LogP contribution in [0.15, 0.2) is 55.1 Å². The fraction of sp³-hybridized carbons (Fsp3) is 0.304. The van der Waals surface area contributed by atoms with Crippen LogP contribution in [0, 0.1) is 6.92 Å². The van der Waals surface area contributed by atoms with E-state index in [4.69, 9.17) is 14.7 Å². The number of ether oxygens (including phenoxy) is 1. The molecule has 0 radical (unpaired) electrons. The van der Waals surface area contributed by atoms with Crippen molar-refractivity contribution in [1.29, 1.82) is 0 Å². The Bertz CT molecular complexity index is 1150. The molecule has 5 heterocycles. The highest BCUT2D eigenvalue weighted by atomic mass is 16.5. The summed E-state index contributed by atoms with van der Waals surface area (Å²) in [4.78, 5) is 20.8. The summed E-state index contributed by atoms with van der Waals surface area (Å²) in [5, 5.41) is 0. The van der Waals surface area contributed by atoms with Crippen LogP contribution in [0.2, 0.25) is 0 Å². The van der Waals surface area contributed by atoms with E-state index in [2.05, 4.69) is 39.1 Å². The summed E-state index contributed by atoms with van der Waals surface area (Å²) in [5.41, 5.74) is 5.27. The highest BCUT2D eigenvalue weighted by Crippen LogP contribution is 2.19. The number of aryl methyl sites for hydroxylation is 1. The number of hydrogen-bond donors (Lipinski definition) is 0. The van der Waals surface area contributed by atoms with E-state index >= 15 is 0 Å². The normalized spacial score (nSPS) is 14.4. The molecule has 1 aliphatic rings. The topological polar surface area (TPSA) is 68.4 Å². The van der Waals surface area contributed by atoms with Crippen molar-refractivity contribution < 1.29 is 4.74 Å². The van der Waals surface area contributed by atoms with Gasteiger partial charge in [0.2, 0.25) is 0 Å². The lowest BCUT2D eigenvalue weighted by atomic mass is 10.1. The molecule has 4 aromatic rings. The van der Waals surface area contributed by atoms with Crippen LogP contribution in [0.1, 0.15) is 28.3 Å². The average molecular weight is 400 g/mol. The number of anilines is 1. The Morgan fingerprint density at radius 2 is 1.83 bits per heavy atom. The number of nitrogens with zero attached hydrogens (tertiary/aromatic N) is 6. The molecule has 5 rings (SSSR count). The number of fused-ring (bicyclic) bond motifs is 1. The van der Waals surface area contributed by atoms with Gasteiger partial charge in [-0.1, -0.05) is 6.07 Å². The van der Waals surface area contributed by atoms with Crippen LogP contribution in [0.25, 0.3) is 5.65 Å². The van der Waals surface area contributed by atoms with E-state index in [0.29, 0.717) is 6.42 Å². The van der Waals surface area contributed by atoms with Crippen molar-refractivity contribution in [3.8, 4) is 0 Å². The largest absolute Gasteiger partial charge is 0.378 e. The monoisotopic (exact) mass is 400 g/mol. The summed E-state index contributed by atoms with van der Waals surface area (Å²) in [6.07, 6.45) is 9.12. The lowest BCUT2D eigenvalue weighted by Crippen LogP contribution is -2.37. The third-order valence-electron chi connectivity index (χ3n) is 5.33. The maximum Gasteiger partial charge on any atom is 0.136 e. The summed E-state index contributed by atoms with van der Waals surface area (Å²) in [5.74, 6) is 1.79. The van der Waals surface area contributed by atoms with Crippen molar-refractivity contribution in [3.05, 3.63) is 83.5 Å². The first-order valence-corrected chi connectivity index (χ1v) is 10.3. The van der Waals surface area contributed by atoms with Gasteiger partial charge in [-0.15, -0.1) is 0 Å². The third kappa shape index (κ3) is 4.16. The minimum Gasteiger partial charge on any atom is -0.378 e. The van der Waals surface area contributed by atoms with Gasteiger partial charge in [0, 0.05) is 62.5 Å². The van der Waals surface area contributed by atoms with E-state index in [1.807, 2.05) is 42.2 Å². The van der Waals surface area contributed by atoms with Crippen LogP contribution >= 0.6 is 0 Å². The number of pyridine rings is 2. The van der Waals surface area contributed by atoms with Gasteiger partial charge < -0.3 is 14.0 Å². The number of rotatable bonds is 5. The molecule has 152 valence electrons. The Labute approximate surface area is 175 Å². The first kappa shape index (κ1) is 18.7. The minimum atomic E-state index is 0.664. The quantitative estimate of drug-likeness (QED) is 0.513. The molecule has 0 saturated carbocycles. The third-order valence-corrected chi connectivity index (χ3v) is 5.33. The molecular weight excluding hydrogens is 376 g/mol. The van der Waals surface area contributed by atoms with Gasteiger partial charge in [-0.05, 0) is 36.2 Å². The second-order valence-corrected chi connectivity index (χ2v) is 7.62. The lowest BCUT2D eigenvalue weighted by molar-refractivity contribution is 0.122. The van der Waals surface area contributed by atoms with Crippen molar-refractivity contribution in [2.75, 3.05) is 31.2 Å². The van der Waals surface area contributed by atoms with Gasteiger partial charge in [0.25, 0.3) is 0 Å². The van der Waals surface area contributed by atoms with Gasteiger partial charge in [0.15, 0.2) is 0 Å². The van der Waals surface area contributed by atoms with Crippen LogP contribution in [0.5, 0.6) is 0 Å². The van der Waals surface area contributed by atoms with E-state index in [1.165, 1.54) is 5.56 Å². The first-order valence-electron chi connectivity index (χ1n) is 10.3. The Morgan fingerprint density at radius 1 is 0.933 bits per heavy atom. The molecule has 0 spiro atoms. The number of imidazole rings is 1. The standard InChI is InChI=1S/C23H24N6O/c1-17-2-3-19(16-25-17)13-21-26-20(15-23(27-21)29-8-10-30-11-9-29)12-18-4-6-28-7-5-24-22(28)14-18/h2-7,14-16H,8-13H2,1H3. The maximum atomic E-state index is 5.51. The van der Waals surface area contributed by atoms with Crippen molar-refractivity contribution >= 4 is 11.5 Å². The van der Waals surface area contributed by atoms with Crippen molar-refractivity contribution in [1.82, 2.24) is 24.3 Å². The van der Waals surface area contributed by atoms with E-state index < -0.39 is 0 Å². The van der Waals surface area contributed by atoms with Gasteiger partial charge in [-0.25, -0.2) is 15.0 Å². The molecule has 0 amide bonds. The highest BCUT2D eigenvalue weighted by molar-refractivity contribution is 5.45. The smallest absolute Gasteiger partial charge is 0.136 e. The summed E-state index contributed by atoms with van der Waals surface area (Å²) in [6.45, 7) is 5.15. The van der Waals surface area contributed by atoms with Gasteiger partial charge in [-0.3, -0.25) is 4.98 Å². The van der Waals surface area contributed by atoms with Gasteiger partial charge >= 0.3 is 0 Å². The van der Waals surface area contributed by atoms with Crippen LogP contribution in [0.4, 0.5) is 5.82 Å². The van der Waals surface area contributed by atoms with E-state index in [-0.39, 0.29) is 0 Å². The van der Waals surface area contributed by atoms with E-state index in [1.54, 1.807) is 0 Å². The number of morpholine rings is 1. The summed E-state index contributed by atoms with van der Waals surface area (Å²) in [6, 6.07) is 10.5. The number of aromatic nitrogens is 5. The molecule has 1 saturated heterocycles. The molecule has 0 aliphatic carbocycles. The molecule has 4 aromatic heterocycles. The number of hydrogen-bond acceptors (Lipinski definition) is 6. The van der Waals surface area contributed by atoms with Gasteiger partial charge in [0.05, 0.1) is 18.9 Å². The van der Waals surface area contributed by atoms with E-state index in [9.17, 15) is 0 Å². The summed E-state index contributed by atoms with van der Waals surface area (Å²) in [7, 11) is 0. The molecule has 30 heavy (non-hydrogen) atoms. The second-order valence-electron chi connectivity index (χ2n) is 7.62. The molecule has 0 bridgehead atoms. The molecule has 1 fully saturated rings. The minimum absolute atomic E-state index is 0.664. The van der Waals surface area contributed by atoms with Crippen molar-refractivity contribution in [2.24, 2.45) is 0 Å². The van der Waals surface area contributed by atoms with Crippen molar-refractivity contribution in [3.63, 3.8) is 0 Å². The molecule has 0 N–H and O–H groups in total. The lowest BCUT2D eigenvalue weighted by Gasteiger charge is -2.28. The highest BCUT2D eigenvalue weighted by Gasteiger charge is 2.16. The van der Waals surface area contributed by atoms with Crippen LogP contribution in [0.3, 0.4) is 0 Å². The maximum absolute atomic E-state index is 5.51. The zero-order valence-corrected chi connectivity index (χ0v) is 17.0. The Kier molecular flexibility index (Phi) is 5.11. The Hall–Kier alpha value is -3.32. The molecule has 0 atom stereocenters. The fourth-order valence-electron chi connectivity index (χ4n) is 3.72. The molecule has 0 unspecified atom stereocenters. The molecular formula is C23H24N6O. The second kappa shape index (κ2) is 8.20. The van der Waals surface area contributed by atoms with E-state index in [0.717, 1.165) is 67.0 Å². The van der Waals surface area contributed by atoms with Crippen LogP contribution in [-0.2, 0) is 17.6 Å². The molecule has 7 nitrogen and oxygen atoms in total. The molecule has 1 aliphatic heterocycles. The Morgan fingerprint density at radius 3 is 2.67 bits per heavy atom.